The standard InChI is InChI=1S/C22H39N3O3/c1-15(2)7-10-25-13-17(11-20(26)23-16(3)4)22-18(25)14-28-19(22)12-21(27)24-8-5-6-9-24/h15-19,22H,5-14H2,1-4H3,(H,23,26)/t17-,18-,19+,22-/m1/s1. The lowest BCUT2D eigenvalue weighted by Gasteiger charge is -2.25. The van der Waals surface area contributed by atoms with Gasteiger partial charge in [0.05, 0.1) is 19.1 Å². The van der Waals surface area contributed by atoms with Gasteiger partial charge in [0, 0.05) is 44.1 Å². The number of carbonyl (C=O) groups is 2. The van der Waals surface area contributed by atoms with Crippen LogP contribution in [0.4, 0.5) is 0 Å². The van der Waals surface area contributed by atoms with Crippen molar-refractivity contribution in [2.45, 2.75) is 78.0 Å². The first-order valence-electron chi connectivity index (χ1n) is 11.3. The second-order valence-electron chi connectivity index (χ2n) is 9.67. The van der Waals surface area contributed by atoms with E-state index in [-0.39, 0.29) is 35.8 Å². The summed E-state index contributed by atoms with van der Waals surface area (Å²) in [4.78, 5) is 29.7. The van der Waals surface area contributed by atoms with E-state index >= 15 is 0 Å². The van der Waals surface area contributed by atoms with Crippen LogP contribution in [0.5, 0.6) is 0 Å². The van der Waals surface area contributed by atoms with Crippen molar-refractivity contribution in [2.24, 2.45) is 17.8 Å². The summed E-state index contributed by atoms with van der Waals surface area (Å²) in [5.74, 6) is 1.58. The lowest BCUT2D eigenvalue weighted by atomic mass is 9.84. The van der Waals surface area contributed by atoms with Gasteiger partial charge in [0.15, 0.2) is 0 Å². The molecule has 3 aliphatic heterocycles. The Labute approximate surface area is 170 Å². The molecule has 0 aromatic rings. The zero-order valence-corrected chi connectivity index (χ0v) is 18.2. The monoisotopic (exact) mass is 393 g/mol. The van der Waals surface area contributed by atoms with Gasteiger partial charge in [-0.2, -0.15) is 0 Å². The van der Waals surface area contributed by atoms with Gasteiger partial charge in [0.25, 0.3) is 0 Å². The van der Waals surface area contributed by atoms with E-state index in [1.807, 2.05) is 18.7 Å². The van der Waals surface area contributed by atoms with Crippen LogP contribution in [-0.2, 0) is 14.3 Å². The summed E-state index contributed by atoms with van der Waals surface area (Å²) in [6.45, 7) is 13.0. The third kappa shape index (κ3) is 5.26. The highest BCUT2D eigenvalue weighted by Crippen LogP contribution is 2.42. The number of ether oxygens (including phenoxy) is 1. The molecule has 3 heterocycles. The van der Waals surface area contributed by atoms with Crippen molar-refractivity contribution in [1.82, 2.24) is 15.1 Å². The van der Waals surface area contributed by atoms with E-state index in [9.17, 15) is 9.59 Å². The Bertz CT molecular complexity index is 545. The zero-order valence-electron chi connectivity index (χ0n) is 18.2. The molecule has 0 spiro atoms. The molecule has 0 aromatic heterocycles. The number of nitrogens with one attached hydrogen (secondary N) is 1. The van der Waals surface area contributed by atoms with Crippen LogP contribution in [0, 0.1) is 17.8 Å². The molecule has 6 nitrogen and oxygen atoms in total. The Balaban J connectivity index is 1.66. The van der Waals surface area contributed by atoms with Crippen LogP contribution in [0.2, 0.25) is 0 Å². The quantitative estimate of drug-likeness (QED) is 0.687. The number of fused-ring (bicyclic) bond motifs is 1. The molecule has 0 radical (unpaired) electrons. The lowest BCUT2D eigenvalue weighted by molar-refractivity contribution is -0.133. The maximum atomic E-state index is 12.7. The van der Waals surface area contributed by atoms with E-state index < -0.39 is 0 Å². The largest absolute Gasteiger partial charge is 0.376 e. The predicted octanol–water partition coefficient (Wildman–Crippen LogP) is 2.28. The molecule has 3 rings (SSSR count). The number of rotatable bonds is 8. The van der Waals surface area contributed by atoms with E-state index in [4.69, 9.17) is 4.74 Å². The lowest BCUT2D eigenvalue weighted by Crippen LogP contribution is -2.37. The minimum atomic E-state index is -0.0426. The van der Waals surface area contributed by atoms with Crippen LogP contribution >= 0.6 is 0 Å². The molecule has 2 amide bonds. The summed E-state index contributed by atoms with van der Waals surface area (Å²) in [7, 11) is 0. The van der Waals surface area contributed by atoms with Gasteiger partial charge in [-0.15, -0.1) is 0 Å². The number of likely N-dealkylation sites (tertiary alicyclic amines) is 2. The maximum Gasteiger partial charge on any atom is 0.225 e. The first-order chi connectivity index (χ1) is 13.3. The van der Waals surface area contributed by atoms with Crippen LogP contribution in [0.1, 0.15) is 59.8 Å². The molecular formula is C22H39N3O3. The van der Waals surface area contributed by atoms with Crippen molar-refractivity contribution in [3.8, 4) is 0 Å². The van der Waals surface area contributed by atoms with Crippen LogP contribution in [0.15, 0.2) is 0 Å². The van der Waals surface area contributed by atoms with Crippen molar-refractivity contribution < 1.29 is 14.3 Å². The third-order valence-electron chi connectivity index (χ3n) is 6.56. The van der Waals surface area contributed by atoms with Crippen LogP contribution in [-0.4, -0.2) is 72.6 Å². The Hall–Kier alpha value is -1.14. The topological polar surface area (TPSA) is 61.9 Å². The smallest absolute Gasteiger partial charge is 0.225 e. The predicted molar refractivity (Wildman–Crippen MR) is 110 cm³/mol. The van der Waals surface area contributed by atoms with Gasteiger partial charge in [0.2, 0.25) is 11.8 Å². The Morgan fingerprint density at radius 3 is 2.46 bits per heavy atom. The van der Waals surface area contributed by atoms with Gasteiger partial charge in [-0.3, -0.25) is 14.5 Å². The Morgan fingerprint density at radius 1 is 1.11 bits per heavy atom. The van der Waals surface area contributed by atoms with Gasteiger partial charge in [-0.1, -0.05) is 13.8 Å². The van der Waals surface area contributed by atoms with Crippen molar-refractivity contribution in [2.75, 3.05) is 32.8 Å². The van der Waals surface area contributed by atoms with Crippen LogP contribution in [0.25, 0.3) is 0 Å². The zero-order chi connectivity index (χ0) is 20.3. The maximum absolute atomic E-state index is 12.7. The van der Waals surface area contributed by atoms with Gasteiger partial charge >= 0.3 is 0 Å². The highest BCUT2D eigenvalue weighted by atomic mass is 16.5. The van der Waals surface area contributed by atoms with E-state index in [1.165, 1.54) is 0 Å². The molecule has 0 aromatic carbocycles. The molecule has 160 valence electrons. The molecule has 4 atom stereocenters. The number of hydrogen-bond donors (Lipinski definition) is 1. The van der Waals surface area contributed by atoms with Crippen LogP contribution in [0.3, 0.4) is 0 Å². The number of carbonyl (C=O) groups excluding carboxylic acids is 2. The van der Waals surface area contributed by atoms with Crippen LogP contribution < -0.4 is 5.32 Å². The normalized spacial score (nSPS) is 30.4. The van der Waals surface area contributed by atoms with E-state index in [1.54, 1.807) is 0 Å². The summed E-state index contributed by atoms with van der Waals surface area (Å²) in [6.07, 6.45) is 4.36. The molecule has 3 aliphatic rings. The summed E-state index contributed by atoms with van der Waals surface area (Å²) < 4.78 is 6.16. The molecule has 6 heteroatoms. The van der Waals surface area contributed by atoms with Crippen molar-refractivity contribution in [3.05, 3.63) is 0 Å². The molecule has 3 fully saturated rings. The molecule has 0 unspecified atom stereocenters. The molecule has 0 aliphatic carbocycles. The molecule has 1 N–H and O–H groups in total. The molecule has 0 saturated carbocycles. The third-order valence-corrected chi connectivity index (χ3v) is 6.56. The molecule has 0 bridgehead atoms. The summed E-state index contributed by atoms with van der Waals surface area (Å²) >= 11 is 0. The summed E-state index contributed by atoms with van der Waals surface area (Å²) in [5, 5.41) is 3.04. The average Bonchev–Trinajstić information content (AvgIpc) is 3.31. The highest BCUT2D eigenvalue weighted by Gasteiger charge is 2.51. The van der Waals surface area contributed by atoms with Crippen molar-refractivity contribution >= 4 is 11.8 Å². The first kappa shape index (κ1) is 21.6. The fraction of sp³-hybridized carbons (Fsp3) is 0.909. The minimum Gasteiger partial charge on any atom is -0.376 e. The van der Waals surface area contributed by atoms with Gasteiger partial charge in [0.1, 0.15) is 0 Å². The number of amides is 2. The number of nitrogens with zero attached hydrogens (tertiary/aromatic N) is 2. The second kappa shape index (κ2) is 9.57. The molecular weight excluding hydrogens is 354 g/mol. The van der Waals surface area contributed by atoms with E-state index in [0.717, 1.165) is 45.4 Å². The average molecular weight is 394 g/mol. The SMILES string of the molecule is CC(C)CCN1C[C@@H](CC(=O)NC(C)C)[C@H]2[C@H](CC(=O)N3CCCC3)OC[C@H]21. The summed E-state index contributed by atoms with van der Waals surface area (Å²) in [6, 6.07) is 0.515. The van der Waals surface area contributed by atoms with Crippen molar-refractivity contribution in [1.29, 1.82) is 0 Å². The fourth-order valence-corrected chi connectivity index (χ4v) is 5.18. The minimum absolute atomic E-state index is 0.0426. The second-order valence-corrected chi connectivity index (χ2v) is 9.67. The molecule has 3 saturated heterocycles. The Kier molecular flexibility index (Phi) is 7.37. The molecule has 28 heavy (non-hydrogen) atoms. The first-order valence-corrected chi connectivity index (χ1v) is 11.3. The highest BCUT2D eigenvalue weighted by molar-refractivity contribution is 5.77. The fourth-order valence-electron chi connectivity index (χ4n) is 5.18. The van der Waals surface area contributed by atoms with Gasteiger partial charge < -0.3 is 15.0 Å². The van der Waals surface area contributed by atoms with E-state index in [0.29, 0.717) is 31.4 Å². The number of hydrogen-bond acceptors (Lipinski definition) is 4. The summed E-state index contributed by atoms with van der Waals surface area (Å²) in [5.41, 5.74) is 0. The van der Waals surface area contributed by atoms with Gasteiger partial charge in [-0.05, 0) is 51.5 Å². The van der Waals surface area contributed by atoms with Gasteiger partial charge in [-0.25, -0.2) is 0 Å². The van der Waals surface area contributed by atoms with Crippen molar-refractivity contribution in [3.63, 3.8) is 0 Å². The Morgan fingerprint density at radius 2 is 1.82 bits per heavy atom. The van der Waals surface area contributed by atoms with E-state index in [2.05, 4.69) is 24.1 Å².